The van der Waals surface area contributed by atoms with Gasteiger partial charge in [-0.05, 0) is 24.1 Å². The molecule has 0 bridgehead atoms. The molecule has 1 aromatic rings. The zero-order valence-corrected chi connectivity index (χ0v) is 5.11. The molecule has 0 atom stereocenters. The first-order valence-corrected chi connectivity index (χ1v) is 2.53. The molecule has 0 spiro atoms. The zero-order chi connectivity index (χ0) is 6.85. The Labute approximate surface area is 53.9 Å². The standard InChI is InChI=1S/C5H5ClN2/c1-4-2-7-5(6)8-3-4/h2-3H,1H3/i2D. The van der Waals surface area contributed by atoms with Crippen LogP contribution in [0.25, 0.3) is 0 Å². The highest BCUT2D eigenvalue weighted by molar-refractivity contribution is 6.28. The van der Waals surface area contributed by atoms with E-state index in [2.05, 4.69) is 9.97 Å². The Hall–Kier alpha value is -0.630. The van der Waals surface area contributed by atoms with Crippen LogP contribution in [0.4, 0.5) is 0 Å². The first-order chi connectivity index (χ1) is 4.20. The Morgan fingerprint density at radius 2 is 2.50 bits per heavy atom. The number of nitrogens with zero attached hydrogens (tertiary/aromatic N) is 2. The molecule has 1 heterocycles. The average Bonchev–Trinajstić information content (AvgIpc) is 1.80. The molecule has 2 nitrogen and oxygen atoms in total. The molecular weight excluding hydrogens is 124 g/mol. The number of rotatable bonds is 0. The molecule has 0 aromatic carbocycles. The Morgan fingerprint density at radius 3 is 3.00 bits per heavy atom. The highest BCUT2D eigenvalue weighted by Gasteiger charge is 1.84. The summed E-state index contributed by atoms with van der Waals surface area (Å²) < 4.78 is 7.12. The van der Waals surface area contributed by atoms with Gasteiger partial charge in [-0.15, -0.1) is 0 Å². The van der Waals surface area contributed by atoms with Crippen molar-refractivity contribution in [2.24, 2.45) is 0 Å². The molecule has 0 unspecified atom stereocenters. The van der Waals surface area contributed by atoms with Crippen LogP contribution in [0.2, 0.25) is 5.28 Å². The van der Waals surface area contributed by atoms with Crippen LogP contribution in [0, 0.1) is 6.92 Å². The van der Waals surface area contributed by atoms with Gasteiger partial charge in [0.15, 0.2) is 0 Å². The number of halogens is 1. The molecule has 0 saturated heterocycles. The van der Waals surface area contributed by atoms with Crippen molar-refractivity contribution < 1.29 is 1.37 Å². The van der Waals surface area contributed by atoms with Crippen molar-refractivity contribution in [3.8, 4) is 0 Å². The van der Waals surface area contributed by atoms with Crippen LogP contribution in [0.3, 0.4) is 0 Å². The predicted octanol–water partition coefficient (Wildman–Crippen LogP) is 1.44. The summed E-state index contributed by atoms with van der Waals surface area (Å²) in [6.07, 6.45) is 1.72. The Bertz CT molecular complexity index is 226. The first kappa shape index (κ1) is 4.27. The van der Waals surface area contributed by atoms with Gasteiger partial charge in [-0.3, -0.25) is 0 Å². The fraction of sp³-hybridized carbons (Fsp3) is 0.200. The van der Waals surface area contributed by atoms with Gasteiger partial charge in [0, 0.05) is 12.4 Å². The van der Waals surface area contributed by atoms with E-state index < -0.39 is 0 Å². The van der Waals surface area contributed by atoms with Gasteiger partial charge in [-0.2, -0.15) is 0 Å². The minimum atomic E-state index is 0.130. The van der Waals surface area contributed by atoms with Gasteiger partial charge in [0.1, 0.15) is 0 Å². The second-order valence-corrected chi connectivity index (χ2v) is 1.77. The van der Waals surface area contributed by atoms with Crippen LogP contribution in [0.5, 0.6) is 0 Å². The fourth-order valence-electron chi connectivity index (χ4n) is 0.342. The molecule has 0 aliphatic carbocycles. The van der Waals surface area contributed by atoms with E-state index in [1.54, 1.807) is 6.92 Å². The second-order valence-electron chi connectivity index (χ2n) is 1.43. The minimum absolute atomic E-state index is 0.130. The summed E-state index contributed by atoms with van der Waals surface area (Å²) in [4.78, 5) is 7.27. The monoisotopic (exact) mass is 129 g/mol. The summed E-state index contributed by atoms with van der Waals surface area (Å²) in [7, 11) is 0. The molecule has 0 aliphatic rings. The van der Waals surface area contributed by atoms with Gasteiger partial charge in [-0.25, -0.2) is 9.97 Å². The minimum Gasteiger partial charge on any atom is -0.226 e. The molecule has 8 heavy (non-hydrogen) atoms. The summed E-state index contributed by atoms with van der Waals surface area (Å²) in [6.45, 7) is 1.76. The van der Waals surface area contributed by atoms with E-state index >= 15 is 0 Å². The zero-order valence-electron chi connectivity index (χ0n) is 5.35. The smallest absolute Gasteiger partial charge is 0.222 e. The fourth-order valence-corrected chi connectivity index (χ4v) is 0.433. The van der Waals surface area contributed by atoms with Gasteiger partial charge < -0.3 is 0 Å². The van der Waals surface area contributed by atoms with E-state index in [1.165, 1.54) is 6.20 Å². The van der Waals surface area contributed by atoms with Gasteiger partial charge in [0.2, 0.25) is 5.28 Å². The van der Waals surface area contributed by atoms with Crippen molar-refractivity contribution >= 4 is 11.6 Å². The molecule has 1 aromatic heterocycles. The van der Waals surface area contributed by atoms with E-state index in [0.717, 1.165) is 5.56 Å². The normalized spacial score (nSPS) is 11.0. The average molecular weight is 130 g/mol. The van der Waals surface area contributed by atoms with Gasteiger partial charge >= 0.3 is 0 Å². The number of aryl methyl sites for hydroxylation is 1. The second kappa shape index (κ2) is 2.09. The lowest BCUT2D eigenvalue weighted by Gasteiger charge is -1.86. The van der Waals surface area contributed by atoms with Gasteiger partial charge in [-0.1, -0.05) is 0 Å². The largest absolute Gasteiger partial charge is 0.226 e. The predicted molar refractivity (Wildman–Crippen MR) is 31.8 cm³/mol. The molecule has 0 aliphatic heterocycles. The molecule has 1 rings (SSSR count). The number of aromatic nitrogens is 2. The lowest BCUT2D eigenvalue weighted by atomic mass is 10.4. The summed E-state index contributed by atoms with van der Waals surface area (Å²) >= 11 is 5.37. The van der Waals surface area contributed by atoms with Gasteiger partial charge in [0.25, 0.3) is 0 Å². The molecule has 0 radical (unpaired) electrons. The lowest BCUT2D eigenvalue weighted by molar-refractivity contribution is 1.13. The molecule has 0 N–H and O–H groups in total. The summed E-state index contributed by atoms with van der Waals surface area (Å²) in [5.74, 6) is 0. The SMILES string of the molecule is [2H]c1nc(Cl)ncc1C. The van der Waals surface area contributed by atoms with Crippen LogP contribution in [0.15, 0.2) is 12.4 Å². The Morgan fingerprint density at radius 1 is 1.75 bits per heavy atom. The molecule has 3 heteroatoms. The highest BCUT2D eigenvalue weighted by atomic mass is 35.5. The van der Waals surface area contributed by atoms with E-state index in [9.17, 15) is 0 Å². The maximum Gasteiger partial charge on any atom is 0.222 e. The first-order valence-electron chi connectivity index (χ1n) is 2.66. The number of hydrogen-bond acceptors (Lipinski definition) is 2. The molecular formula is C5H5ClN2. The summed E-state index contributed by atoms with van der Waals surface area (Å²) in [5.41, 5.74) is 0.736. The van der Waals surface area contributed by atoms with Crippen LogP contribution >= 0.6 is 11.6 Å². The van der Waals surface area contributed by atoms with Crippen molar-refractivity contribution in [3.63, 3.8) is 0 Å². The van der Waals surface area contributed by atoms with Crippen LogP contribution < -0.4 is 0 Å². The number of hydrogen-bond donors (Lipinski definition) is 0. The van der Waals surface area contributed by atoms with E-state index in [-0.39, 0.29) is 11.5 Å². The van der Waals surface area contributed by atoms with Crippen molar-refractivity contribution in [1.29, 1.82) is 0 Å². The molecule has 0 amide bonds. The van der Waals surface area contributed by atoms with Crippen molar-refractivity contribution in [2.45, 2.75) is 6.92 Å². The van der Waals surface area contributed by atoms with Crippen LogP contribution in [-0.2, 0) is 0 Å². The maximum atomic E-state index is 7.12. The highest BCUT2D eigenvalue weighted by Crippen LogP contribution is 1.97. The quantitative estimate of drug-likeness (QED) is 0.496. The Balaban J connectivity index is 3.17. The third kappa shape index (κ3) is 1.17. The van der Waals surface area contributed by atoms with Crippen molar-refractivity contribution in [3.05, 3.63) is 23.2 Å². The van der Waals surface area contributed by atoms with E-state index in [4.69, 9.17) is 13.0 Å². The van der Waals surface area contributed by atoms with Crippen molar-refractivity contribution in [2.75, 3.05) is 0 Å². The van der Waals surface area contributed by atoms with E-state index in [0.29, 0.717) is 0 Å². The topological polar surface area (TPSA) is 25.8 Å². The molecule has 0 fully saturated rings. The Kier molecular flexibility index (Phi) is 1.12. The third-order valence-electron chi connectivity index (χ3n) is 0.689. The van der Waals surface area contributed by atoms with Gasteiger partial charge in [0.05, 0.1) is 1.37 Å². The van der Waals surface area contributed by atoms with E-state index in [1.807, 2.05) is 0 Å². The molecule has 42 valence electrons. The van der Waals surface area contributed by atoms with Crippen LogP contribution in [0.1, 0.15) is 6.93 Å². The molecule has 0 saturated carbocycles. The maximum absolute atomic E-state index is 7.12. The summed E-state index contributed by atoms with van der Waals surface area (Å²) in [5, 5.41) is 0.130. The van der Waals surface area contributed by atoms with Crippen LogP contribution in [-0.4, -0.2) is 9.97 Å². The third-order valence-corrected chi connectivity index (χ3v) is 0.871. The summed E-state index contributed by atoms with van der Waals surface area (Å²) in [6, 6.07) is 0. The lowest BCUT2D eigenvalue weighted by Crippen LogP contribution is -1.80. The van der Waals surface area contributed by atoms with Crippen molar-refractivity contribution in [1.82, 2.24) is 9.97 Å².